The molecule has 0 fully saturated rings. The van der Waals surface area contributed by atoms with Gasteiger partial charge in [0.2, 0.25) is 0 Å². The quantitative estimate of drug-likeness (QED) is 0.580. The minimum Gasteiger partial charge on any atom is -0.309 e. The molecule has 0 aromatic heterocycles. The number of rotatable bonds is 1. The van der Waals surface area contributed by atoms with Crippen molar-refractivity contribution in [2.24, 2.45) is 4.99 Å². The standard InChI is InChI=1S/C9H11IN2O/c1-3-4-11-8-7(10)5-6(2)9(13)12-8/h3-5,7H,1-2H3,(H,11,12,13)/b4-3-. The van der Waals surface area contributed by atoms with E-state index in [0.717, 1.165) is 5.57 Å². The van der Waals surface area contributed by atoms with Crippen LogP contribution in [0, 0.1) is 0 Å². The number of nitrogens with zero attached hydrogens (tertiary/aromatic N) is 1. The minimum atomic E-state index is -0.0591. The van der Waals surface area contributed by atoms with Crippen LogP contribution in [-0.4, -0.2) is 15.7 Å². The van der Waals surface area contributed by atoms with E-state index in [0.29, 0.717) is 5.84 Å². The number of amides is 1. The third kappa shape index (κ3) is 2.65. The number of hydrogen-bond donors (Lipinski definition) is 1. The van der Waals surface area contributed by atoms with Gasteiger partial charge in [-0.3, -0.25) is 4.79 Å². The Morgan fingerprint density at radius 1 is 1.69 bits per heavy atom. The Kier molecular flexibility index (Phi) is 3.65. The molecule has 70 valence electrons. The number of carbonyl (C=O) groups excluding carboxylic acids is 1. The van der Waals surface area contributed by atoms with E-state index in [9.17, 15) is 4.79 Å². The van der Waals surface area contributed by atoms with Gasteiger partial charge in [0.05, 0.1) is 3.92 Å². The van der Waals surface area contributed by atoms with Gasteiger partial charge in [0, 0.05) is 11.8 Å². The number of nitrogens with one attached hydrogen (secondary N) is 1. The average molecular weight is 290 g/mol. The summed E-state index contributed by atoms with van der Waals surface area (Å²) in [5.74, 6) is 0.644. The molecule has 0 aliphatic carbocycles. The van der Waals surface area contributed by atoms with Crippen molar-refractivity contribution >= 4 is 34.3 Å². The first-order valence-electron chi connectivity index (χ1n) is 3.98. The van der Waals surface area contributed by atoms with E-state index in [1.807, 2.05) is 19.1 Å². The molecule has 0 radical (unpaired) electrons. The lowest BCUT2D eigenvalue weighted by Gasteiger charge is -2.17. The average Bonchev–Trinajstić information content (AvgIpc) is 2.09. The van der Waals surface area contributed by atoms with Crippen molar-refractivity contribution in [1.29, 1.82) is 0 Å². The summed E-state index contributed by atoms with van der Waals surface area (Å²) >= 11 is 2.23. The van der Waals surface area contributed by atoms with E-state index in [1.54, 1.807) is 13.1 Å². The van der Waals surface area contributed by atoms with Crippen molar-refractivity contribution in [1.82, 2.24) is 5.32 Å². The summed E-state index contributed by atoms with van der Waals surface area (Å²) in [5, 5.41) is 2.73. The van der Waals surface area contributed by atoms with Crippen LogP contribution in [0.1, 0.15) is 13.8 Å². The predicted octanol–water partition coefficient (Wildman–Crippen LogP) is 1.80. The van der Waals surface area contributed by atoms with Crippen molar-refractivity contribution in [2.75, 3.05) is 0 Å². The SMILES string of the molecule is C/C=C\N=C1NC(=O)C(C)=CC1I. The highest BCUT2D eigenvalue weighted by Crippen LogP contribution is 2.12. The molecule has 1 N–H and O–H groups in total. The van der Waals surface area contributed by atoms with Crippen LogP contribution >= 0.6 is 22.6 Å². The molecule has 1 heterocycles. The summed E-state index contributed by atoms with van der Waals surface area (Å²) in [5.41, 5.74) is 0.749. The molecule has 1 aliphatic heterocycles. The Morgan fingerprint density at radius 2 is 2.38 bits per heavy atom. The minimum absolute atomic E-state index is 0.0591. The third-order valence-corrected chi connectivity index (χ3v) is 2.57. The van der Waals surface area contributed by atoms with Crippen molar-refractivity contribution in [3.05, 3.63) is 23.9 Å². The second-order valence-corrected chi connectivity index (χ2v) is 4.04. The highest BCUT2D eigenvalue weighted by atomic mass is 127. The van der Waals surface area contributed by atoms with Crippen LogP contribution in [0.25, 0.3) is 0 Å². The van der Waals surface area contributed by atoms with Gasteiger partial charge in [-0.05, 0) is 13.8 Å². The summed E-state index contributed by atoms with van der Waals surface area (Å²) in [7, 11) is 0. The molecule has 0 aromatic rings. The van der Waals surface area contributed by atoms with Gasteiger partial charge in [-0.2, -0.15) is 0 Å². The lowest BCUT2D eigenvalue weighted by molar-refractivity contribution is -0.116. The molecule has 0 saturated heterocycles. The van der Waals surface area contributed by atoms with E-state index in [1.165, 1.54) is 0 Å². The topological polar surface area (TPSA) is 41.5 Å². The van der Waals surface area contributed by atoms with Crippen LogP contribution in [0.15, 0.2) is 28.9 Å². The summed E-state index contributed by atoms with van der Waals surface area (Å²) < 4.78 is 0.159. The molecule has 0 bridgehead atoms. The zero-order chi connectivity index (χ0) is 9.84. The fraction of sp³-hybridized carbons (Fsp3) is 0.333. The van der Waals surface area contributed by atoms with E-state index in [-0.39, 0.29) is 9.83 Å². The Morgan fingerprint density at radius 3 is 3.00 bits per heavy atom. The molecule has 1 atom stereocenters. The first-order chi connectivity index (χ1) is 6.15. The van der Waals surface area contributed by atoms with Crippen LogP contribution in [0.3, 0.4) is 0 Å². The van der Waals surface area contributed by atoms with Crippen LogP contribution < -0.4 is 5.32 Å². The maximum atomic E-state index is 11.2. The zero-order valence-electron chi connectivity index (χ0n) is 7.54. The van der Waals surface area contributed by atoms with Gasteiger partial charge in [-0.15, -0.1) is 0 Å². The summed E-state index contributed by atoms with van der Waals surface area (Å²) in [6.07, 6.45) is 5.41. The van der Waals surface area contributed by atoms with Crippen molar-refractivity contribution < 1.29 is 4.79 Å². The molecule has 13 heavy (non-hydrogen) atoms. The van der Waals surface area contributed by atoms with E-state index in [2.05, 4.69) is 32.9 Å². The Bertz CT molecular complexity index is 305. The molecule has 1 aliphatic rings. The van der Waals surface area contributed by atoms with Gasteiger partial charge in [-0.25, -0.2) is 4.99 Å². The molecule has 1 unspecified atom stereocenters. The van der Waals surface area contributed by atoms with Crippen LogP contribution in [0.4, 0.5) is 0 Å². The lowest BCUT2D eigenvalue weighted by Crippen LogP contribution is -2.40. The van der Waals surface area contributed by atoms with Crippen LogP contribution in [0.5, 0.6) is 0 Å². The maximum Gasteiger partial charge on any atom is 0.251 e. The van der Waals surface area contributed by atoms with Crippen molar-refractivity contribution in [3.63, 3.8) is 0 Å². The van der Waals surface area contributed by atoms with Gasteiger partial charge in [0.15, 0.2) is 0 Å². The molecule has 1 rings (SSSR count). The fourth-order valence-corrected chi connectivity index (χ4v) is 1.77. The molecule has 0 saturated carbocycles. The van der Waals surface area contributed by atoms with E-state index < -0.39 is 0 Å². The van der Waals surface area contributed by atoms with Gasteiger partial charge < -0.3 is 5.32 Å². The second kappa shape index (κ2) is 4.55. The van der Waals surface area contributed by atoms with Gasteiger partial charge >= 0.3 is 0 Å². The Labute approximate surface area is 91.1 Å². The van der Waals surface area contributed by atoms with Gasteiger partial charge in [-0.1, -0.05) is 34.7 Å². The third-order valence-electron chi connectivity index (χ3n) is 1.62. The largest absolute Gasteiger partial charge is 0.309 e. The number of amidine groups is 1. The smallest absolute Gasteiger partial charge is 0.251 e. The molecule has 0 aromatic carbocycles. The van der Waals surface area contributed by atoms with Gasteiger partial charge in [0.25, 0.3) is 5.91 Å². The summed E-state index contributed by atoms with van der Waals surface area (Å²) in [6.45, 7) is 3.69. The number of aliphatic imine (C=N–C) groups is 1. The molecule has 3 nitrogen and oxygen atoms in total. The first-order valence-corrected chi connectivity index (χ1v) is 5.22. The normalized spacial score (nSPS) is 26.4. The number of carbonyl (C=O) groups is 1. The Balaban J connectivity index is 2.88. The fourth-order valence-electron chi connectivity index (χ4n) is 0.916. The number of halogens is 1. The second-order valence-electron chi connectivity index (χ2n) is 2.70. The summed E-state index contributed by atoms with van der Waals surface area (Å²) in [6, 6.07) is 0. The van der Waals surface area contributed by atoms with Crippen LogP contribution in [0.2, 0.25) is 0 Å². The Hall–Kier alpha value is -0.650. The first kappa shape index (κ1) is 10.4. The predicted molar refractivity (Wildman–Crippen MR) is 62.0 cm³/mol. The van der Waals surface area contributed by atoms with Gasteiger partial charge in [0.1, 0.15) is 5.84 Å². The lowest BCUT2D eigenvalue weighted by atomic mass is 10.1. The maximum absolute atomic E-state index is 11.2. The highest BCUT2D eigenvalue weighted by molar-refractivity contribution is 14.1. The molecule has 0 spiro atoms. The van der Waals surface area contributed by atoms with Crippen LogP contribution in [-0.2, 0) is 4.79 Å². The number of alkyl halides is 1. The number of hydrogen-bond acceptors (Lipinski definition) is 2. The zero-order valence-corrected chi connectivity index (χ0v) is 9.70. The number of allylic oxidation sites excluding steroid dienone is 1. The molecule has 1 amide bonds. The van der Waals surface area contributed by atoms with Crippen molar-refractivity contribution in [2.45, 2.75) is 17.8 Å². The molecular weight excluding hydrogens is 279 g/mol. The monoisotopic (exact) mass is 290 g/mol. The van der Waals surface area contributed by atoms with Crippen molar-refractivity contribution in [3.8, 4) is 0 Å². The van der Waals surface area contributed by atoms with E-state index in [4.69, 9.17) is 0 Å². The molecular formula is C9H11IN2O. The highest BCUT2D eigenvalue weighted by Gasteiger charge is 2.20. The summed E-state index contributed by atoms with van der Waals surface area (Å²) in [4.78, 5) is 15.3. The van der Waals surface area contributed by atoms with E-state index >= 15 is 0 Å². The molecule has 4 heteroatoms.